The van der Waals surface area contributed by atoms with Crippen LogP contribution >= 0.6 is 0 Å². The molecule has 0 radical (unpaired) electrons. The molecule has 2 aliphatic heterocycles. The molecule has 0 bridgehead atoms. The van der Waals surface area contributed by atoms with Crippen molar-refractivity contribution in [3.8, 4) is 0 Å². The van der Waals surface area contributed by atoms with Crippen LogP contribution < -0.4 is 0 Å². The first-order valence-electron chi connectivity index (χ1n) is 12.9. The fraction of sp³-hybridized carbons (Fsp3) is 0.741. The van der Waals surface area contributed by atoms with E-state index in [0.717, 1.165) is 25.7 Å². The Morgan fingerprint density at radius 2 is 1.89 bits per heavy atom. The van der Waals surface area contributed by atoms with Gasteiger partial charge in [-0.15, -0.1) is 0 Å². The predicted molar refractivity (Wildman–Crippen MR) is 128 cm³/mol. The quantitative estimate of drug-likeness (QED) is 0.439. The van der Waals surface area contributed by atoms with Gasteiger partial charge in [0.1, 0.15) is 5.60 Å². The van der Waals surface area contributed by atoms with E-state index in [9.17, 15) is 24.0 Å². The zero-order chi connectivity index (χ0) is 25.8. The summed E-state index contributed by atoms with van der Waals surface area (Å²) in [6.45, 7) is 7.13. The number of carbonyl (C=O) groups is 5. The van der Waals surface area contributed by atoms with Crippen LogP contribution in [0.5, 0.6) is 0 Å². The molecule has 194 valence electrons. The average Bonchev–Trinajstić information content (AvgIpc) is 3.30. The number of hydrogen-bond donors (Lipinski definition) is 0. The maximum atomic E-state index is 13.6. The maximum Gasteiger partial charge on any atom is 0.313 e. The molecule has 3 aliphatic rings. The molecule has 0 aromatic rings. The fourth-order valence-electron chi connectivity index (χ4n) is 5.23. The van der Waals surface area contributed by atoms with Crippen molar-refractivity contribution < 1.29 is 33.4 Å². The number of Topliss-reactive ketones (excluding diaryl/α,β-unsaturated/α-hetero) is 2. The Kier molecular flexibility index (Phi) is 8.54. The second-order valence-corrected chi connectivity index (χ2v) is 11.1. The lowest BCUT2D eigenvalue weighted by molar-refractivity contribution is -0.159. The van der Waals surface area contributed by atoms with Crippen LogP contribution in [-0.4, -0.2) is 59.1 Å². The number of carbonyl (C=O) groups excluding carboxylic acids is 5. The number of nitrogens with zero attached hydrogens (tertiary/aromatic N) is 1. The molecule has 0 unspecified atom stereocenters. The van der Waals surface area contributed by atoms with Gasteiger partial charge in [-0.05, 0) is 59.3 Å². The molecule has 2 fully saturated rings. The second-order valence-electron chi connectivity index (χ2n) is 11.1. The molecule has 35 heavy (non-hydrogen) atoms. The molecule has 8 heteroatoms. The van der Waals surface area contributed by atoms with Crippen LogP contribution in [-0.2, 0) is 33.4 Å². The zero-order valence-electron chi connectivity index (χ0n) is 21.5. The summed E-state index contributed by atoms with van der Waals surface area (Å²) in [6.07, 6.45) is 8.30. The van der Waals surface area contributed by atoms with Crippen molar-refractivity contribution in [2.24, 2.45) is 17.3 Å². The van der Waals surface area contributed by atoms with Gasteiger partial charge in [-0.3, -0.25) is 24.0 Å². The van der Waals surface area contributed by atoms with Gasteiger partial charge in [0.05, 0.1) is 31.0 Å². The molecule has 0 aromatic heterocycles. The molecule has 0 aromatic carbocycles. The predicted octanol–water partition coefficient (Wildman–Crippen LogP) is 3.55. The minimum Gasteiger partial charge on any atom is -0.466 e. The van der Waals surface area contributed by atoms with E-state index in [1.165, 1.54) is 4.90 Å². The molecule has 4 atom stereocenters. The summed E-state index contributed by atoms with van der Waals surface area (Å²) >= 11 is 0. The molecular formula is C27H39NO7. The molecule has 1 aliphatic carbocycles. The lowest BCUT2D eigenvalue weighted by Crippen LogP contribution is -2.45. The molecule has 0 N–H and O–H groups in total. The largest absolute Gasteiger partial charge is 0.466 e. The molecule has 2 heterocycles. The van der Waals surface area contributed by atoms with Gasteiger partial charge < -0.3 is 14.4 Å². The summed E-state index contributed by atoms with van der Waals surface area (Å²) in [7, 11) is 0. The van der Waals surface area contributed by atoms with Gasteiger partial charge in [0.2, 0.25) is 5.91 Å². The van der Waals surface area contributed by atoms with Gasteiger partial charge in [0.15, 0.2) is 11.6 Å². The van der Waals surface area contributed by atoms with E-state index in [1.54, 1.807) is 27.7 Å². The van der Waals surface area contributed by atoms with Crippen LogP contribution in [0.1, 0.15) is 85.5 Å². The highest BCUT2D eigenvalue weighted by Gasteiger charge is 2.61. The van der Waals surface area contributed by atoms with Gasteiger partial charge in [0.25, 0.3) is 0 Å². The van der Waals surface area contributed by atoms with Crippen LogP contribution in [0.4, 0.5) is 0 Å². The minimum atomic E-state index is -0.917. The van der Waals surface area contributed by atoms with Gasteiger partial charge in [-0.1, -0.05) is 25.0 Å². The number of fused-ring (bicyclic) bond motifs is 2. The van der Waals surface area contributed by atoms with Crippen molar-refractivity contribution in [2.45, 2.75) is 97.1 Å². The van der Waals surface area contributed by atoms with Crippen LogP contribution in [0.15, 0.2) is 12.2 Å². The molecule has 1 amide bonds. The fourth-order valence-corrected chi connectivity index (χ4v) is 5.23. The minimum absolute atomic E-state index is 0.0524. The number of rotatable bonds is 4. The monoisotopic (exact) mass is 489 g/mol. The van der Waals surface area contributed by atoms with Crippen LogP contribution in [0, 0.1) is 17.3 Å². The number of esters is 2. The van der Waals surface area contributed by atoms with E-state index in [4.69, 9.17) is 9.47 Å². The number of amides is 1. The number of ether oxygens (including phenoxy) is 2. The topological polar surface area (TPSA) is 107 Å². The standard InChI is InChI=1S/C27H39NO7/c1-5-34-25(33)27-15-19(27)12-10-8-6-7-9-11-18(13-23(31)35-26(2,3)4)24(32)28-17-20(29)14-21(28)22(30)16-27/h10,12,18-19,21H,5-9,11,13-17H2,1-4H3/b12-10-/t18-,19-,21+,27-/m1/s1. The van der Waals surface area contributed by atoms with E-state index in [-0.39, 0.29) is 55.8 Å². The first-order chi connectivity index (χ1) is 16.5. The lowest BCUT2D eigenvalue weighted by atomic mass is 9.91. The number of hydrogen-bond acceptors (Lipinski definition) is 7. The molecular weight excluding hydrogens is 450 g/mol. The Bertz CT molecular complexity index is 886. The van der Waals surface area contributed by atoms with Gasteiger partial charge in [-0.25, -0.2) is 0 Å². The van der Waals surface area contributed by atoms with E-state index >= 15 is 0 Å². The smallest absolute Gasteiger partial charge is 0.313 e. The summed E-state index contributed by atoms with van der Waals surface area (Å²) in [5.41, 5.74) is -1.59. The highest BCUT2D eigenvalue weighted by Crippen LogP contribution is 2.57. The summed E-state index contributed by atoms with van der Waals surface area (Å²) in [5.74, 6) is -2.42. The Labute approximate surface area is 207 Å². The summed E-state index contributed by atoms with van der Waals surface area (Å²) in [4.78, 5) is 66.1. The van der Waals surface area contributed by atoms with Crippen LogP contribution in [0.3, 0.4) is 0 Å². The molecule has 1 saturated carbocycles. The molecule has 8 nitrogen and oxygen atoms in total. The van der Waals surface area contributed by atoms with Crippen molar-refractivity contribution in [3.05, 3.63) is 12.2 Å². The molecule has 0 spiro atoms. The number of allylic oxidation sites excluding steroid dienone is 2. The Hall–Kier alpha value is -2.51. The normalized spacial score (nSPS) is 31.0. The summed E-state index contributed by atoms with van der Waals surface area (Å²) < 4.78 is 10.7. The summed E-state index contributed by atoms with van der Waals surface area (Å²) in [5, 5.41) is 0. The van der Waals surface area contributed by atoms with Gasteiger partial charge in [0, 0.05) is 18.8 Å². The summed E-state index contributed by atoms with van der Waals surface area (Å²) in [6, 6.07) is -0.905. The van der Waals surface area contributed by atoms with Crippen molar-refractivity contribution >= 4 is 29.4 Å². The van der Waals surface area contributed by atoms with Crippen LogP contribution in [0.25, 0.3) is 0 Å². The zero-order valence-corrected chi connectivity index (χ0v) is 21.5. The van der Waals surface area contributed by atoms with E-state index in [1.807, 2.05) is 6.08 Å². The van der Waals surface area contributed by atoms with Crippen molar-refractivity contribution in [1.82, 2.24) is 4.90 Å². The maximum absolute atomic E-state index is 13.6. The lowest BCUT2D eigenvalue weighted by Gasteiger charge is -2.29. The first kappa shape index (κ1) is 27.1. The van der Waals surface area contributed by atoms with Crippen molar-refractivity contribution in [2.75, 3.05) is 13.2 Å². The van der Waals surface area contributed by atoms with Gasteiger partial charge >= 0.3 is 11.9 Å². The van der Waals surface area contributed by atoms with Gasteiger partial charge in [-0.2, -0.15) is 0 Å². The SMILES string of the molecule is CCOC(=O)[C@]12CC(=O)[C@@H]3CC(=O)CN3C(=O)[C@@H](CC(=O)OC(C)(C)C)CCCCC/C=C\[C@@H]1C2. The third-order valence-corrected chi connectivity index (χ3v) is 7.08. The third kappa shape index (κ3) is 6.79. The van der Waals surface area contributed by atoms with Crippen molar-refractivity contribution in [3.63, 3.8) is 0 Å². The van der Waals surface area contributed by atoms with Crippen molar-refractivity contribution in [1.29, 1.82) is 0 Å². The third-order valence-electron chi connectivity index (χ3n) is 7.08. The van der Waals surface area contributed by atoms with E-state index in [0.29, 0.717) is 12.8 Å². The molecule has 3 rings (SSSR count). The Morgan fingerprint density at radius 1 is 1.14 bits per heavy atom. The van der Waals surface area contributed by atoms with E-state index in [2.05, 4.69) is 6.08 Å². The second kappa shape index (κ2) is 11.0. The number of ketones is 2. The first-order valence-corrected chi connectivity index (χ1v) is 12.9. The van der Waals surface area contributed by atoms with Crippen LogP contribution in [0.2, 0.25) is 0 Å². The highest BCUT2D eigenvalue weighted by molar-refractivity contribution is 6.02. The Morgan fingerprint density at radius 3 is 2.57 bits per heavy atom. The highest BCUT2D eigenvalue weighted by atomic mass is 16.6. The Balaban J connectivity index is 1.85. The average molecular weight is 490 g/mol. The van der Waals surface area contributed by atoms with E-state index < -0.39 is 34.9 Å². The molecule has 1 saturated heterocycles.